The quantitative estimate of drug-likeness (QED) is 0.342. The molecule has 4 nitrogen and oxygen atoms in total. The van der Waals surface area contributed by atoms with E-state index in [1.807, 2.05) is 37.4 Å². The Morgan fingerprint density at radius 2 is 2.09 bits per heavy atom. The van der Waals surface area contributed by atoms with Gasteiger partial charge in [-0.1, -0.05) is 24.3 Å². The lowest BCUT2D eigenvalue weighted by atomic mass is 10.1. The van der Waals surface area contributed by atoms with Crippen LogP contribution >= 0.6 is 23.5 Å². The average Bonchev–Trinajstić information content (AvgIpc) is 2.52. The van der Waals surface area contributed by atoms with Crippen molar-refractivity contribution >= 4 is 41.5 Å². The van der Waals surface area contributed by atoms with Crippen LogP contribution in [0.2, 0.25) is 0 Å². The fourth-order valence-electron chi connectivity index (χ4n) is 1.72. The first kappa shape index (κ1) is 18.6. The number of hydrogen-bond acceptors (Lipinski definition) is 5. The maximum Gasteiger partial charge on any atom is 0.329 e. The van der Waals surface area contributed by atoms with Crippen molar-refractivity contribution < 1.29 is 14.3 Å². The Hall–Kier alpha value is -1.40. The molecular weight excluding hydrogens is 318 g/mol. The van der Waals surface area contributed by atoms with E-state index in [1.54, 1.807) is 29.6 Å². The highest BCUT2D eigenvalue weighted by Crippen LogP contribution is 2.11. The largest absolute Gasteiger partial charge is 0.467 e. The second-order valence-electron chi connectivity index (χ2n) is 4.55. The van der Waals surface area contributed by atoms with Crippen molar-refractivity contribution in [2.45, 2.75) is 13.0 Å². The number of carbonyl (C=O) groups excluding carboxylic acids is 2. The number of amides is 1. The van der Waals surface area contributed by atoms with Gasteiger partial charge in [-0.3, -0.25) is 4.79 Å². The van der Waals surface area contributed by atoms with Crippen LogP contribution in [0.15, 0.2) is 30.3 Å². The summed E-state index contributed by atoms with van der Waals surface area (Å²) < 4.78 is 4.73. The van der Waals surface area contributed by atoms with Gasteiger partial charge in [0.05, 0.1) is 7.11 Å². The zero-order chi connectivity index (χ0) is 16.4. The molecule has 6 heteroatoms. The lowest BCUT2D eigenvalue weighted by molar-refractivity contribution is -0.143. The summed E-state index contributed by atoms with van der Waals surface area (Å²) in [5.41, 5.74) is 2.07. The zero-order valence-electron chi connectivity index (χ0n) is 13.0. The van der Waals surface area contributed by atoms with Gasteiger partial charge in [-0.15, -0.1) is 11.8 Å². The van der Waals surface area contributed by atoms with Crippen LogP contribution in [0.5, 0.6) is 0 Å². The molecule has 0 bridgehead atoms. The number of rotatable bonds is 8. The van der Waals surface area contributed by atoms with E-state index in [2.05, 4.69) is 5.32 Å². The topological polar surface area (TPSA) is 55.4 Å². The van der Waals surface area contributed by atoms with E-state index in [0.29, 0.717) is 5.75 Å². The van der Waals surface area contributed by atoms with Crippen LogP contribution in [-0.2, 0) is 14.3 Å². The summed E-state index contributed by atoms with van der Waals surface area (Å²) in [6.45, 7) is 1.98. The van der Waals surface area contributed by atoms with Crippen molar-refractivity contribution in [2.24, 2.45) is 0 Å². The Morgan fingerprint density at radius 1 is 1.36 bits per heavy atom. The molecule has 0 aliphatic carbocycles. The lowest BCUT2D eigenvalue weighted by Gasteiger charge is -2.14. The molecule has 120 valence electrons. The van der Waals surface area contributed by atoms with E-state index in [0.717, 1.165) is 16.2 Å². The Balaban J connectivity index is 2.62. The molecule has 1 rings (SSSR count). The minimum Gasteiger partial charge on any atom is -0.467 e. The van der Waals surface area contributed by atoms with Gasteiger partial charge in [0.25, 0.3) is 0 Å². The summed E-state index contributed by atoms with van der Waals surface area (Å²) in [6, 6.07) is 7.15. The third kappa shape index (κ3) is 6.58. The van der Waals surface area contributed by atoms with Gasteiger partial charge in [0.2, 0.25) is 5.91 Å². The molecule has 0 fully saturated rings. The van der Waals surface area contributed by atoms with Crippen molar-refractivity contribution in [3.8, 4) is 0 Å². The smallest absolute Gasteiger partial charge is 0.329 e. The predicted octanol–water partition coefficient (Wildman–Crippen LogP) is 2.72. The maximum atomic E-state index is 12.0. The predicted molar refractivity (Wildman–Crippen MR) is 95.0 cm³/mol. The van der Waals surface area contributed by atoms with Crippen molar-refractivity contribution in [1.29, 1.82) is 0 Å². The first-order valence-corrected chi connectivity index (χ1v) is 9.32. The van der Waals surface area contributed by atoms with Crippen molar-refractivity contribution in [3.05, 3.63) is 41.5 Å². The lowest BCUT2D eigenvalue weighted by Crippen LogP contribution is -2.42. The number of aryl methyl sites for hydroxylation is 1. The minimum absolute atomic E-state index is 0.302. The standard InChI is InChI=1S/C16H21NO3S2/c1-12-6-4-5-7-13(12)8-9-15(18)17-14(16(19)20-2)10-22-11-21-3/h4-9,14H,10-11H2,1-3H3,(H,17,18)/b9-8+. The van der Waals surface area contributed by atoms with Crippen LogP contribution in [0.25, 0.3) is 6.08 Å². The van der Waals surface area contributed by atoms with Gasteiger partial charge in [0.15, 0.2) is 0 Å². The monoisotopic (exact) mass is 339 g/mol. The molecule has 1 atom stereocenters. The van der Waals surface area contributed by atoms with Gasteiger partial charge < -0.3 is 10.1 Å². The van der Waals surface area contributed by atoms with Gasteiger partial charge in [-0.05, 0) is 30.4 Å². The van der Waals surface area contributed by atoms with E-state index in [4.69, 9.17) is 4.74 Å². The van der Waals surface area contributed by atoms with Crippen molar-refractivity contribution in [1.82, 2.24) is 5.32 Å². The second kappa shape index (κ2) is 10.3. The average molecular weight is 339 g/mol. The number of ether oxygens (including phenoxy) is 1. The molecule has 0 heterocycles. The Bertz CT molecular complexity index is 532. The number of carbonyl (C=O) groups is 2. The normalized spacial score (nSPS) is 12.1. The molecule has 0 aliphatic heterocycles. The minimum atomic E-state index is -0.629. The molecule has 1 unspecified atom stereocenters. The summed E-state index contributed by atoms with van der Waals surface area (Å²) in [5.74, 6) is -0.230. The zero-order valence-corrected chi connectivity index (χ0v) is 14.6. The number of benzene rings is 1. The van der Waals surface area contributed by atoms with Gasteiger partial charge in [0.1, 0.15) is 6.04 Å². The molecule has 22 heavy (non-hydrogen) atoms. The molecule has 1 aromatic carbocycles. The third-order valence-electron chi connectivity index (χ3n) is 2.89. The van der Waals surface area contributed by atoms with Crippen LogP contribution in [-0.4, -0.2) is 42.1 Å². The molecule has 0 aliphatic rings. The van der Waals surface area contributed by atoms with E-state index in [-0.39, 0.29) is 5.91 Å². The molecule has 1 N–H and O–H groups in total. The number of methoxy groups -OCH3 is 1. The molecular formula is C16H21NO3S2. The summed E-state index contributed by atoms with van der Waals surface area (Å²) >= 11 is 3.26. The summed E-state index contributed by atoms with van der Waals surface area (Å²) in [4.78, 5) is 23.7. The molecule has 0 aromatic heterocycles. The van der Waals surface area contributed by atoms with Crippen LogP contribution in [0.1, 0.15) is 11.1 Å². The molecule has 0 radical (unpaired) electrons. The van der Waals surface area contributed by atoms with Gasteiger partial charge in [0, 0.05) is 16.9 Å². The van der Waals surface area contributed by atoms with Crippen LogP contribution in [0, 0.1) is 6.92 Å². The molecule has 1 amide bonds. The van der Waals surface area contributed by atoms with Gasteiger partial charge >= 0.3 is 5.97 Å². The highest BCUT2D eigenvalue weighted by Gasteiger charge is 2.20. The number of hydrogen-bond donors (Lipinski definition) is 1. The van der Waals surface area contributed by atoms with E-state index < -0.39 is 12.0 Å². The van der Waals surface area contributed by atoms with Gasteiger partial charge in [-0.25, -0.2) is 4.79 Å². The van der Waals surface area contributed by atoms with Gasteiger partial charge in [-0.2, -0.15) is 11.8 Å². The summed E-state index contributed by atoms with van der Waals surface area (Å²) in [7, 11) is 1.32. The number of thioether (sulfide) groups is 2. The van der Waals surface area contributed by atoms with E-state index in [9.17, 15) is 9.59 Å². The maximum absolute atomic E-state index is 12.0. The summed E-state index contributed by atoms with van der Waals surface area (Å²) in [6.07, 6.45) is 5.18. The van der Waals surface area contributed by atoms with Crippen LogP contribution < -0.4 is 5.32 Å². The Kier molecular flexibility index (Phi) is 8.77. The second-order valence-corrected chi connectivity index (χ2v) is 6.81. The Labute approximate surface area is 140 Å². The van der Waals surface area contributed by atoms with E-state index in [1.165, 1.54) is 13.2 Å². The molecule has 1 aromatic rings. The summed E-state index contributed by atoms with van der Waals surface area (Å²) in [5, 5.41) is 3.55. The molecule has 0 saturated carbocycles. The van der Waals surface area contributed by atoms with Crippen LogP contribution in [0.3, 0.4) is 0 Å². The van der Waals surface area contributed by atoms with E-state index >= 15 is 0 Å². The third-order valence-corrected chi connectivity index (χ3v) is 5.07. The Morgan fingerprint density at radius 3 is 2.73 bits per heavy atom. The van der Waals surface area contributed by atoms with Crippen LogP contribution in [0.4, 0.5) is 0 Å². The first-order chi connectivity index (χ1) is 10.6. The SMILES string of the molecule is COC(=O)C(CSCSC)NC(=O)/C=C/c1ccccc1C. The molecule has 0 spiro atoms. The van der Waals surface area contributed by atoms with Crippen molar-refractivity contribution in [2.75, 3.05) is 24.2 Å². The molecule has 0 saturated heterocycles. The first-order valence-electron chi connectivity index (χ1n) is 6.77. The highest BCUT2D eigenvalue weighted by atomic mass is 32.2. The highest BCUT2D eigenvalue weighted by molar-refractivity contribution is 8.15. The fourth-order valence-corrected chi connectivity index (χ4v) is 3.23. The van der Waals surface area contributed by atoms with Crippen molar-refractivity contribution in [3.63, 3.8) is 0 Å². The number of esters is 1. The number of nitrogens with one attached hydrogen (secondary N) is 1. The fraction of sp³-hybridized carbons (Fsp3) is 0.375.